The first-order valence-electron chi connectivity index (χ1n) is 12.9. The zero-order chi connectivity index (χ0) is 25.6. The van der Waals surface area contributed by atoms with E-state index in [4.69, 9.17) is 0 Å². The molecule has 0 saturated carbocycles. The lowest BCUT2D eigenvalue weighted by atomic mass is 9.65. The van der Waals surface area contributed by atoms with Gasteiger partial charge in [-0.15, -0.1) is 11.8 Å². The van der Waals surface area contributed by atoms with Crippen molar-refractivity contribution in [2.45, 2.75) is 109 Å². The Balaban J connectivity index is 2.03. The number of amides is 3. The molecule has 3 rings (SSSR count). The number of aliphatic hydroxyl groups excluding tert-OH is 1. The highest BCUT2D eigenvalue weighted by Gasteiger charge is 2.76. The number of carbonyl (C=O) groups is 3. The monoisotopic (exact) mass is 495 g/mol. The third-order valence-electron chi connectivity index (χ3n) is 7.79. The van der Waals surface area contributed by atoms with E-state index in [2.05, 4.69) is 38.3 Å². The van der Waals surface area contributed by atoms with Crippen LogP contribution in [0.15, 0.2) is 0 Å². The number of hydrogen-bond acceptors (Lipinski definition) is 5. The summed E-state index contributed by atoms with van der Waals surface area (Å²) in [7, 11) is 0. The van der Waals surface area contributed by atoms with Crippen LogP contribution in [0.3, 0.4) is 0 Å². The molecule has 0 aromatic heterocycles. The molecular weight excluding hydrogens is 450 g/mol. The average molecular weight is 496 g/mol. The topological polar surface area (TPSA) is 98.7 Å². The van der Waals surface area contributed by atoms with Crippen molar-refractivity contribution in [3.8, 4) is 0 Å². The molecule has 1 spiro atoms. The highest BCUT2D eigenvalue weighted by Crippen LogP contribution is 2.68. The SMILES string of the molecule is CCCNC(=O)[C@@H]1[C@H]2C(=O)N([C@@H](CC)CO)C(C(=O)NC(C)(C)CC(C)(C)C)C23S[C@@H]1CC3C. The third kappa shape index (κ3) is 4.61. The van der Waals surface area contributed by atoms with Gasteiger partial charge in [-0.2, -0.15) is 0 Å². The fourth-order valence-electron chi connectivity index (χ4n) is 7.00. The number of carbonyl (C=O) groups excluding carboxylic acids is 3. The van der Waals surface area contributed by atoms with E-state index < -0.39 is 34.2 Å². The van der Waals surface area contributed by atoms with E-state index in [0.717, 1.165) is 19.3 Å². The lowest BCUT2D eigenvalue weighted by molar-refractivity contribution is -0.143. The van der Waals surface area contributed by atoms with Crippen LogP contribution in [0.4, 0.5) is 0 Å². The molecule has 3 N–H and O–H groups in total. The van der Waals surface area contributed by atoms with Gasteiger partial charge < -0.3 is 20.6 Å². The van der Waals surface area contributed by atoms with Crippen LogP contribution in [0.2, 0.25) is 0 Å². The van der Waals surface area contributed by atoms with Crippen molar-refractivity contribution in [1.82, 2.24) is 15.5 Å². The summed E-state index contributed by atoms with van der Waals surface area (Å²) in [5.74, 6) is -1.23. The number of likely N-dealkylation sites (tertiary alicyclic amines) is 1. The smallest absolute Gasteiger partial charge is 0.244 e. The minimum absolute atomic E-state index is 0.0240. The van der Waals surface area contributed by atoms with E-state index in [9.17, 15) is 19.5 Å². The maximum atomic E-state index is 14.1. The minimum atomic E-state index is -0.699. The quantitative estimate of drug-likeness (QED) is 0.457. The molecule has 3 unspecified atom stereocenters. The normalized spacial score (nSPS) is 33.7. The van der Waals surface area contributed by atoms with E-state index in [1.165, 1.54) is 0 Å². The molecule has 7 nitrogen and oxygen atoms in total. The second kappa shape index (κ2) is 9.64. The molecule has 3 saturated heterocycles. The fourth-order valence-corrected chi connectivity index (χ4v) is 9.41. The lowest BCUT2D eigenvalue weighted by Gasteiger charge is -2.42. The Morgan fingerprint density at radius 1 is 1.21 bits per heavy atom. The van der Waals surface area contributed by atoms with E-state index >= 15 is 0 Å². The second-order valence-corrected chi connectivity index (χ2v) is 14.0. The van der Waals surface area contributed by atoms with Crippen molar-refractivity contribution >= 4 is 29.5 Å². The number of aliphatic hydroxyl groups is 1. The van der Waals surface area contributed by atoms with Crippen molar-refractivity contribution in [2.75, 3.05) is 13.2 Å². The Morgan fingerprint density at radius 2 is 1.85 bits per heavy atom. The molecule has 194 valence electrons. The molecule has 3 fully saturated rings. The third-order valence-corrected chi connectivity index (χ3v) is 9.87. The summed E-state index contributed by atoms with van der Waals surface area (Å²) in [5, 5.41) is 16.5. The van der Waals surface area contributed by atoms with Crippen molar-refractivity contribution in [2.24, 2.45) is 23.2 Å². The van der Waals surface area contributed by atoms with Crippen LogP contribution in [0.5, 0.6) is 0 Å². The molecule has 3 heterocycles. The summed E-state index contributed by atoms with van der Waals surface area (Å²) >= 11 is 1.68. The molecule has 0 aliphatic carbocycles. The minimum Gasteiger partial charge on any atom is -0.394 e. The summed E-state index contributed by atoms with van der Waals surface area (Å²) in [6.07, 6.45) is 2.99. The standard InChI is InChI=1S/C26H45N3O4S/c1-9-11-27-21(31)18-17-12-15(3)26(34-17)19(18)23(33)29(16(10-2)13-30)20(26)22(32)28-25(7,8)14-24(4,5)6/h15-20,30H,9-14H2,1-8H3,(H,27,31)(H,28,32)/t15?,16-,17+,18-,19-,20?,26?/m0/s1. The van der Waals surface area contributed by atoms with Gasteiger partial charge in [-0.3, -0.25) is 14.4 Å². The first-order valence-corrected chi connectivity index (χ1v) is 13.8. The Kier molecular flexibility index (Phi) is 7.74. The van der Waals surface area contributed by atoms with E-state index in [0.29, 0.717) is 13.0 Å². The van der Waals surface area contributed by atoms with Crippen LogP contribution in [0.25, 0.3) is 0 Å². The molecule has 0 aromatic carbocycles. The molecule has 34 heavy (non-hydrogen) atoms. The molecule has 2 bridgehead atoms. The maximum absolute atomic E-state index is 14.1. The Hall–Kier alpha value is -1.28. The second-order valence-electron chi connectivity index (χ2n) is 12.4. The van der Waals surface area contributed by atoms with Crippen molar-refractivity contribution < 1.29 is 19.5 Å². The average Bonchev–Trinajstić information content (AvgIpc) is 3.29. The van der Waals surface area contributed by atoms with Crippen molar-refractivity contribution in [3.05, 3.63) is 0 Å². The molecule has 0 aromatic rings. The van der Waals surface area contributed by atoms with Crippen LogP contribution < -0.4 is 10.6 Å². The summed E-state index contributed by atoms with van der Waals surface area (Å²) in [5.41, 5.74) is -0.432. The van der Waals surface area contributed by atoms with Gasteiger partial charge >= 0.3 is 0 Å². The Labute approximate surface area is 209 Å². The van der Waals surface area contributed by atoms with Crippen LogP contribution >= 0.6 is 11.8 Å². The van der Waals surface area contributed by atoms with Crippen molar-refractivity contribution in [3.63, 3.8) is 0 Å². The Bertz CT molecular complexity index is 806. The van der Waals surface area contributed by atoms with Crippen molar-refractivity contribution in [1.29, 1.82) is 0 Å². The van der Waals surface area contributed by atoms with Crippen LogP contribution in [-0.4, -0.2) is 68.5 Å². The first-order chi connectivity index (χ1) is 15.7. The predicted molar refractivity (Wildman–Crippen MR) is 136 cm³/mol. The molecular formula is C26H45N3O4S. The molecule has 3 aliphatic rings. The molecule has 3 aliphatic heterocycles. The summed E-state index contributed by atoms with van der Waals surface area (Å²) in [6.45, 7) is 16.9. The lowest BCUT2D eigenvalue weighted by Crippen LogP contribution is -2.61. The number of nitrogens with zero attached hydrogens (tertiary/aromatic N) is 1. The van der Waals surface area contributed by atoms with Crippen LogP contribution in [-0.2, 0) is 14.4 Å². The van der Waals surface area contributed by atoms with Crippen LogP contribution in [0, 0.1) is 23.2 Å². The van der Waals surface area contributed by atoms with Gasteiger partial charge in [0.05, 0.1) is 29.2 Å². The highest BCUT2D eigenvalue weighted by atomic mass is 32.2. The van der Waals surface area contributed by atoms with Gasteiger partial charge in [0.2, 0.25) is 17.7 Å². The zero-order valence-corrected chi connectivity index (χ0v) is 23.1. The molecule has 8 heteroatoms. The number of hydrogen-bond donors (Lipinski definition) is 3. The van der Waals surface area contributed by atoms with Gasteiger partial charge in [0.15, 0.2) is 0 Å². The van der Waals surface area contributed by atoms with Gasteiger partial charge in [-0.25, -0.2) is 0 Å². The number of thioether (sulfide) groups is 1. The van der Waals surface area contributed by atoms with Gasteiger partial charge in [0.1, 0.15) is 6.04 Å². The van der Waals surface area contributed by atoms with E-state index in [1.54, 1.807) is 16.7 Å². The van der Waals surface area contributed by atoms with E-state index in [1.807, 2.05) is 27.7 Å². The summed E-state index contributed by atoms with van der Waals surface area (Å²) in [6, 6.07) is -1.14. The van der Waals surface area contributed by atoms with Gasteiger partial charge in [0, 0.05) is 17.3 Å². The predicted octanol–water partition coefficient (Wildman–Crippen LogP) is 2.95. The number of nitrogens with one attached hydrogen (secondary N) is 2. The number of fused-ring (bicyclic) bond motifs is 1. The Morgan fingerprint density at radius 3 is 2.38 bits per heavy atom. The molecule has 0 radical (unpaired) electrons. The maximum Gasteiger partial charge on any atom is 0.244 e. The van der Waals surface area contributed by atoms with E-state index in [-0.39, 0.29) is 40.9 Å². The molecule has 7 atom stereocenters. The van der Waals surface area contributed by atoms with Gasteiger partial charge in [-0.1, -0.05) is 41.5 Å². The van der Waals surface area contributed by atoms with Crippen LogP contribution in [0.1, 0.15) is 81.1 Å². The number of rotatable bonds is 9. The first kappa shape index (κ1) is 27.3. The zero-order valence-electron chi connectivity index (χ0n) is 22.2. The fraction of sp³-hybridized carbons (Fsp3) is 0.885. The van der Waals surface area contributed by atoms with Gasteiger partial charge in [0.25, 0.3) is 0 Å². The summed E-state index contributed by atoms with van der Waals surface area (Å²) < 4.78 is -0.652. The highest BCUT2D eigenvalue weighted by molar-refractivity contribution is 8.02. The largest absolute Gasteiger partial charge is 0.394 e. The van der Waals surface area contributed by atoms with Gasteiger partial charge in [-0.05, 0) is 50.9 Å². The summed E-state index contributed by atoms with van der Waals surface area (Å²) in [4.78, 5) is 42.9. The molecule has 3 amide bonds.